The molecular weight excluding hydrogens is 172 g/mol. The van der Waals surface area contributed by atoms with Gasteiger partial charge in [0.15, 0.2) is 0 Å². The van der Waals surface area contributed by atoms with E-state index in [1.807, 2.05) is 26.0 Å². The molecule has 0 radical (unpaired) electrons. The first-order valence-electron chi connectivity index (χ1n) is 5.56. The molecule has 2 unspecified atom stereocenters. The predicted molar refractivity (Wildman–Crippen MR) is 60.6 cm³/mol. The van der Waals surface area contributed by atoms with Crippen LogP contribution in [0.3, 0.4) is 0 Å². The molecule has 1 fully saturated rings. The molecule has 0 saturated heterocycles. The number of rotatable bonds is 1. The molecule has 0 aliphatic heterocycles. The average Bonchev–Trinajstić information content (AvgIpc) is 2.22. The predicted octanol–water partition coefficient (Wildman–Crippen LogP) is 3.93. The second-order valence-electron chi connectivity index (χ2n) is 3.75. The molecule has 1 heteroatoms. The lowest BCUT2D eigenvalue weighted by molar-refractivity contribution is 0.280. The Kier molecular flexibility index (Phi) is 3.99. The van der Waals surface area contributed by atoms with Gasteiger partial charge in [-0.1, -0.05) is 32.9 Å². The average molecular weight is 192 g/mol. The molecule has 0 spiro atoms. The third kappa shape index (κ3) is 2.28. The van der Waals surface area contributed by atoms with Crippen molar-refractivity contribution in [2.45, 2.75) is 39.5 Å². The fraction of sp³-hybridized carbons (Fsp3) is 0.538. The zero-order valence-corrected chi connectivity index (χ0v) is 9.33. The lowest BCUT2D eigenvalue weighted by atomic mass is 9.71. The molecule has 1 aromatic carbocycles. The van der Waals surface area contributed by atoms with E-state index >= 15 is 0 Å². The summed E-state index contributed by atoms with van der Waals surface area (Å²) in [6, 6.07) is 7.63. The van der Waals surface area contributed by atoms with Gasteiger partial charge < -0.3 is 5.11 Å². The van der Waals surface area contributed by atoms with E-state index in [1.165, 1.54) is 18.4 Å². The summed E-state index contributed by atoms with van der Waals surface area (Å²) in [4.78, 5) is 0. The van der Waals surface area contributed by atoms with E-state index in [0.717, 1.165) is 11.8 Å². The SMILES string of the molecule is CC.CC1CCC1c1ccc(O)cc1. The van der Waals surface area contributed by atoms with Gasteiger partial charge in [0, 0.05) is 0 Å². The standard InChI is InChI=1S/C11H14O.C2H6/c1-8-2-7-11(8)9-3-5-10(12)6-4-9;1-2/h3-6,8,11-12H,2,7H2,1H3;1-2H3. The molecule has 78 valence electrons. The Morgan fingerprint density at radius 2 is 1.64 bits per heavy atom. The summed E-state index contributed by atoms with van der Waals surface area (Å²) in [5, 5.41) is 9.10. The molecule has 1 aliphatic carbocycles. The summed E-state index contributed by atoms with van der Waals surface area (Å²) in [5.74, 6) is 1.94. The molecule has 1 aromatic rings. The molecule has 2 rings (SSSR count). The first-order chi connectivity index (χ1) is 6.77. The van der Waals surface area contributed by atoms with Gasteiger partial charge in [0.1, 0.15) is 5.75 Å². The maximum Gasteiger partial charge on any atom is 0.115 e. The monoisotopic (exact) mass is 192 g/mol. The van der Waals surface area contributed by atoms with Gasteiger partial charge >= 0.3 is 0 Å². The number of aromatic hydroxyl groups is 1. The summed E-state index contributed by atoms with van der Waals surface area (Å²) in [6.07, 6.45) is 2.66. The highest BCUT2D eigenvalue weighted by Gasteiger charge is 2.27. The van der Waals surface area contributed by atoms with Crippen molar-refractivity contribution in [1.29, 1.82) is 0 Å². The zero-order valence-electron chi connectivity index (χ0n) is 9.33. The highest BCUT2D eigenvalue weighted by atomic mass is 16.3. The molecule has 0 heterocycles. The Labute approximate surface area is 86.8 Å². The molecule has 0 amide bonds. The Balaban J connectivity index is 0.000000461. The number of benzene rings is 1. The van der Waals surface area contributed by atoms with E-state index in [4.69, 9.17) is 5.11 Å². The van der Waals surface area contributed by atoms with E-state index in [1.54, 1.807) is 12.1 Å². The van der Waals surface area contributed by atoms with Gasteiger partial charge in [-0.25, -0.2) is 0 Å². The van der Waals surface area contributed by atoms with Crippen molar-refractivity contribution in [2.75, 3.05) is 0 Å². The molecule has 1 N–H and O–H groups in total. The van der Waals surface area contributed by atoms with Crippen molar-refractivity contribution >= 4 is 0 Å². The highest BCUT2D eigenvalue weighted by Crippen LogP contribution is 2.42. The first kappa shape index (κ1) is 11.1. The van der Waals surface area contributed by atoms with E-state index in [-0.39, 0.29) is 0 Å². The van der Waals surface area contributed by atoms with Crippen molar-refractivity contribution < 1.29 is 5.11 Å². The van der Waals surface area contributed by atoms with Crippen LogP contribution in [0.25, 0.3) is 0 Å². The number of hydrogen-bond donors (Lipinski definition) is 1. The Bertz CT molecular complexity index is 263. The van der Waals surface area contributed by atoms with Crippen LogP contribution in [-0.4, -0.2) is 5.11 Å². The van der Waals surface area contributed by atoms with Crippen LogP contribution in [0.15, 0.2) is 24.3 Å². The number of phenolic OH excluding ortho intramolecular Hbond substituents is 1. The normalized spacial score (nSPS) is 24.5. The van der Waals surface area contributed by atoms with Gasteiger partial charge in [-0.15, -0.1) is 0 Å². The molecule has 14 heavy (non-hydrogen) atoms. The quantitative estimate of drug-likeness (QED) is 0.714. The topological polar surface area (TPSA) is 20.2 Å². The molecule has 2 atom stereocenters. The lowest BCUT2D eigenvalue weighted by Gasteiger charge is -2.34. The van der Waals surface area contributed by atoms with Crippen LogP contribution in [0.4, 0.5) is 0 Å². The van der Waals surface area contributed by atoms with Gasteiger partial charge in [0.25, 0.3) is 0 Å². The first-order valence-corrected chi connectivity index (χ1v) is 5.56. The summed E-state index contributed by atoms with van der Waals surface area (Å²) in [6.45, 7) is 6.29. The second-order valence-corrected chi connectivity index (χ2v) is 3.75. The Morgan fingerprint density at radius 1 is 1.07 bits per heavy atom. The molecule has 1 saturated carbocycles. The van der Waals surface area contributed by atoms with Gasteiger partial charge in [0.2, 0.25) is 0 Å². The highest BCUT2D eigenvalue weighted by molar-refractivity contribution is 5.29. The second kappa shape index (κ2) is 5.04. The van der Waals surface area contributed by atoms with Crippen LogP contribution < -0.4 is 0 Å². The molecule has 0 aromatic heterocycles. The maximum atomic E-state index is 9.10. The lowest BCUT2D eigenvalue weighted by Crippen LogP contribution is -2.20. The summed E-state index contributed by atoms with van der Waals surface area (Å²) in [7, 11) is 0. The van der Waals surface area contributed by atoms with E-state index in [9.17, 15) is 0 Å². The minimum Gasteiger partial charge on any atom is -0.508 e. The zero-order chi connectivity index (χ0) is 10.6. The number of hydrogen-bond acceptors (Lipinski definition) is 1. The van der Waals surface area contributed by atoms with Crippen LogP contribution in [0.5, 0.6) is 5.75 Å². The van der Waals surface area contributed by atoms with Crippen molar-refractivity contribution in [3.05, 3.63) is 29.8 Å². The largest absolute Gasteiger partial charge is 0.508 e. The van der Waals surface area contributed by atoms with Crippen LogP contribution in [0, 0.1) is 5.92 Å². The summed E-state index contributed by atoms with van der Waals surface area (Å²) in [5.41, 5.74) is 1.38. The molecule has 1 nitrogen and oxygen atoms in total. The van der Waals surface area contributed by atoms with E-state index < -0.39 is 0 Å². The van der Waals surface area contributed by atoms with Crippen molar-refractivity contribution in [1.82, 2.24) is 0 Å². The van der Waals surface area contributed by atoms with E-state index in [0.29, 0.717) is 5.75 Å². The van der Waals surface area contributed by atoms with Crippen molar-refractivity contribution in [3.63, 3.8) is 0 Å². The smallest absolute Gasteiger partial charge is 0.115 e. The Hall–Kier alpha value is -0.980. The number of phenols is 1. The Morgan fingerprint density at radius 3 is 2.00 bits per heavy atom. The third-order valence-electron chi connectivity index (χ3n) is 2.94. The molecular formula is C13H20O. The van der Waals surface area contributed by atoms with Crippen LogP contribution in [-0.2, 0) is 0 Å². The fourth-order valence-electron chi connectivity index (χ4n) is 1.88. The van der Waals surface area contributed by atoms with Crippen LogP contribution in [0.2, 0.25) is 0 Å². The third-order valence-corrected chi connectivity index (χ3v) is 2.94. The molecule has 1 aliphatic rings. The van der Waals surface area contributed by atoms with Gasteiger partial charge in [-0.2, -0.15) is 0 Å². The summed E-state index contributed by atoms with van der Waals surface area (Å²) < 4.78 is 0. The van der Waals surface area contributed by atoms with Crippen LogP contribution >= 0.6 is 0 Å². The van der Waals surface area contributed by atoms with Crippen LogP contribution in [0.1, 0.15) is 45.1 Å². The minimum atomic E-state index is 0.366. The van der Waals surface area contributed by atoms with Crippen molar-refractivity contribution in [3.8, 4) is 5.75 Å². The van der Waals surface area contributed by atoms with E-state index in [2.05, 4.69) is 6.92 Å². The van der Waals surface area contributed by atoms with Gasteiger partial charge in [0.05, 0.1) is 0 Å². The van der Waals surface area contributed by atoms with Crippen molar-refractivity contribution in [2.24, 2.45) is 5.92 Å². The fourth-order valence-corrected chi connectivity index (χ4v) is 1.88. The summed E-state index contributed by atoms with van der Waals surface area (Å²) >= 11 is 0. The van der Waals surface area contributed by atoms with Gasteiger partial charge in [-0.3, -0.25) is 0 Å². The molecule has 0 bridgehead atoms. The minimum absolute atomic E-state index is 0.366. The van der Waals surface area contributed by atoms with Gasteiger partial charge in [-0.05, 0) is 42.4 Å². The maximum absolute atomic E-state index is 9.10.